The third kappa shape index (κ3) is 7.52. The molecule has 0 spiro atoms. The van der Waals surface area contributed by atoms with Gasteiger partial charge in [-0.25, -0.2) is 4.39 Å². The summed E-state index contributed by atoms with van der Waals surface area (Å²) in [5.41, 5.74) is 7.10. The number of nitrogens with one attached hydrogen (secondary N) is 2. The molecule has 1 saturated heterocycles. The molecule has 4 rings (SSSR count). The van der Waals surface area contributed by atoms with Gasteiger partial charge < -0.3 is 15.5 Å². The normalized spacial score (nSPS) is 15.4. The zero-order chi connectivity index (χ0) is 27.2. The van der Waals surface area contributed by atoms with Crippen LogP contribution in [0.5, 0.6) is 0 Å². The Bertz CT molecular complexity index is 1300. The summed E-state index contributed by atoms with van der Waals surface area (Å²) in [4.78, 5) is 18.7. The van der Waals surface area contributed by atoms with Crippen LogP contribution in [0.4, 0.5) is 27.9 Å². The average molecular weight is 628 g/mol. The molecule has 7 nitrogen and oxygen atoms in total. The topological polar surface area (TPSA) is 69.2 Å². The van der Waals surface area contributed by atoms with Crippen molar-refractivity contribution in [3.8, 4) is 0 Å². The van der Waals surface area contributed by atoms with E-state index in [2.05, 4.69) is 94.3 Å². The van der Waals surface area contributed by atoms with Crippen molar-refractivity contribution >= 4 is 49.7 Å². The van der Waals surface area contributed by atoms with Crippen molar-refractivity contribution in [2.75, 3.05) is 42.2 Å². The fraction of sp³-hybridized carbons (Fsp3) is 0.379. The van der Waals surface area contributed by atoms with Gasteiger partial charge in [0.2, 0.25) is 17.8 Å². The summed E-state index contributed by atoms with van der Waals surface area (Å²) in [7, 11) is 2.01. The first-order valence-corrected chi connectivity index (χ1v) is 13.9. The predicted octanol–water partition coefficient (Wildman–Crippen LogP) is 6.40. The van der Waals surface area contributed by atoms with E-state index in [0.717, 1.165) is 58.6 Å². The lowest BCUT2D eigenvalue weighted by Crippen LogP contribution is -2.28. The molecule has 9 heteroatoms. The van der Waals surface area contributed by atoms with E-state index in [4.69, 9.17) is 15.0 Å². The lowest BCUT2D eigenvalue weighted by molar-refractivity contribution is 0.328. The van der Waals surface area contributed by atoms with Crippen molar-refractivity contribution in [3.05, 3.63) is 77.3 Å². The van der Waals surface area contributed by atoms with E-state index in [1.807, 2.05) is 19.2 Å². The number of halogens is 2. The molecule has 1 atom stereocenters. The van der Waals surface area contributed by atoms with Crippen LogP contribution in [0.25, 0.3) is 3.58 Å². The maximum Gasteiger partial charge on any atom is 0.233 e. The minimum atomic E-state index is -0.207. The second-order valence-electron chi connectivity index (χ2n) is 10.2. The maximum atomic E-state index is 13.3. The van der Waals surface area contributed by atoms with Gasteiger partial charge in [-0.15, -0.1) is 5.73 Å². The molecule has 0 unspecified atom stereocenters. The van der Waals surface area contributed by atoms with Gasteiger partial charge in [-0.3, -0.25) is 4.90 Å². The smallest absolute Gasteiger partial charge is 0.233 e. The molecule has 2 aromatic carbocycles. The molecule has 0 saturated carbocycles. The molecule has 0 amide bonds. The van der Waals surface area contributed by atoms with Gasteiger partial charge in [0.15, 0.2) is 0 Å². The fourth-order valence-corrected chi connectivity index (χ4v) is 4.86. The SMILES string of the molecule is C=C=C(I)c1ccc(C)c(Nc2nc(N[C@H]3CCN(Cc4ccc(F)cc4)C3)nc(N(C)CC(C)C)n2)c1. The molecular formula is C29H35FIN7. The van der Waals surface area contributed by atoms with E-state index in [1.54, 1.807) is 0 Å². The van der Waals surface area contributed by atoms with E-state index >= 15 is 0 Å². The van der Waals surface area contributed by atoms with E-state index < -0.39 is 0 Å². The van der Waals surface area contributed by atoms with Gasteiger partial charge in [-0.1, -0.05) is 44.7 Å². The van der Waals surface area contributed by atoms with Crippen molar-refractivity contribution in [1.29, 1.82) is 0 Å². The second kappa shape index (κ2) is 12.7. The largest absolute Gasteiger partial charge is 0.350 e. The third-order valence-corrected chi connectivity index (χ3v) is 7.43. The van der Waals surface area contributed by atoms with Crippen LogP contribution in [0.1, 0.15) is 37.0 Å². The number of hydrogen-bond donors (Lipinski definition) is 2. The fourth-order valence-electron chi connectivity index (χ4n) is 4.53. The van der Waals surface area contributed by atoms with Crippen LogP contribution in [0.15, 0.2) is 54.8 Å². The molecular weight excluding hydrogens is 592 g/mol. The Morgan fingerprint density at radius 2 is 1.92 bits per heavy atom. The number of aryl methyl sites for hydroxylation is 1. The number of aromatic nitrogens is 3. The van der Waals surface area contributed by atoms with E-state index in [0.29, 0.717) is 23.8 Å². The Morgan fingerprint density at radius 1 is 1.18 bits per heavy atom. The number of likely N-dealkylation sites (tertiary alicyclic amines) is 1. The molecule has 0 bridgehead atoms. The molecule has 2 heterocycles. The molecule has 200 valence electrons. The lowest BCUT2D eigenvalue weighted by Gasteiger charge is -2.22. The number of hydrogen-bond acceptors (Lipinski definition) is 7. The van der Waals surface area contributed by atoms with Crippen molar-refractivity contribution < 1.29 is 4.39 Å². The highest BCUT2D eigenvalue weighted by atomic mass is 127. The number of nitrogens with zero attached hydrogens (tertiary/aromatic N) is 5. The number of benzene rings is 2. The number of anilines is 4. The summed E-state index contributed by atoms with van der Waals surface area (Å²) < 4.78 is 14.2. The van der Waals surface area contributed by atoms with Gasteiger partial charge in [0, 0.05) is 45.0 Å². The van der Waals surface area contributed by atoms with E-state index in [1.165, 1.54) is 12.1 Å². The highest BCUT2D eigenvalue weighted by Crippen LogP contribution is 2.28. The van der Waals surface area contributed by atoms with Crippen LogP contribution in [-0.4, -0.2) is 52.6 Å². The van der Waals surface area contributed by atoms with Gasteiger partial charge >= 0.3 is 0 Å². The highest BCUT2D eigenvalue weighted by molar-refractivity contribution is 14.1. The Kier molecular flexibility index (Phi) is 9.35. The summed E-state index contributed by atoms with van der Waals surface area (Å²) in [5.74, 6) is 1.92. The first-order chi connectivity index (χ1) is 18.2. The van der Waals surface area contributed by atoms with E-state index in [9.17, 15) is 4.39 Å². The Morgan fingerprint density at radius 3 is 2.63 bits per heavy atom. The van der Waals surface area contributed by atoms with Crippen molar-refractivity contribution in [2.45, 2.75) is 39.8 Å². The molecule has 1 aliphatic heterocycles. The first kappa shape index (κ1) is 28.0. The summed E-state index contributed by atoms with van der Waals surface area (Å²) in [6, 6.07) is 13.1. The molecule has 0 radical (unpaired) electrons. The van der Waals surface area contributed by atoms with Crippen molar-refractivity contribution in [2.24, 2.45) is 5.92 Å². The summed E-state index contributed by atoms with van der Waals surface area (Å²) in [6.07, 6.45) is 0.973. The van der Waals surface area contributed by atoms with Gasteiger partial charge in [-0.2, -0.15) is 15.0 Å². The van der Waals surface area contributed by atoms with Gasteiger partial charge in [0.1, 0.15) is 5.82 Å². The van der Waals surface area contributed by atoms with Crippen molar-refractivity contribution in [1.82, 2.24) is 19.9 Å². The van der Waals surface area contributed by atoms with Gasteiger partial charge in [-0.05, 0) is 76.7 Å². The summed E-state index contributed by atoms with van der Waals surface area (Å²) >= 11 is 2.23. The maximum absolute atomic E-state index is 13.3. The Balaban J connectivity index is 1.54. The lowest BCUT2D eigenvalue weighted by atomic mass is 10.1. The van der Waals surface area contributed by atoms with Crippen molar-refractivity contribution in [3.63, 3.8) is 0 Å². The third-order valence-electron chi connectivity index (χ3n) is 6.42. The average Bonchev–Trinajstić information content (AvgIpc) is 3.32. The van der Waals surface area contributed by atoms with Crippen LogP contribution < -0.4 is 15.5 Å². The standard InChI is InChI=1S/C29H35FIN7/c1-6-25(31)22-10-7-20(4)26(15-22)33-28-34-27(35-29(36-28)37(5)16-19(2)3)32-24-13-14-38(18-24)17-21-8-11-23(30)12-9-21/h7-12,15,19,24H,1,13-14,16-18H2,2-5H3,(H2,32,33,34,35,36)/t24-/m0/s1. The predicted molar refractivity (Wildman–Crippen MR) is 163 cm³/mol. The number of rotatable bonds is 10. The zero-order valence-electron chi connectivity index (χ0n) is 22.4. The molecule has 1 aliphatic rings. The van der Waals surface area contributed by atoms with Crippen LogP contribution >= 0.6 is 22.6 Å². The molecule has 3 aromatic rings. The quantitative estimate of drug-likeness (QED) is 0.199. The van der Waals surface area contributed by atoms with Crippen LogP contribution in [-0.2, 0) is 6.54 Å². The molecule has 1 fully saturated rings. The molecule has 38 heavy (non-hydrogen) atoms. The summed E-state index contributed by atoms with van der Waals surface area (Å²) in [6.45, 7) is 13.6. The van der Waals surface area contributed by atoms with Crippen LogP contribution in [0.2, 0.25) is 0 Å². The highest BCUT2D eigenvalue weighted by Gasteiger charge is 2.24. The Hall–Kier alpha value is -3.01. The Labute approximate surface area is 238 Å². The molecule has 1 aromatic heterocycles. The van der Waals surface area contributed by atoms with Crippen LogP contribution in [0, 0.1) is 18.7 Å². The minimum Gasteiger partial charge on any atom is -0.350 e. The van der Waals surface area contributed by atoms with Gasteiger partial charge in [0.05, 0.1) is 3.58 Å². The monoisotopic (exact) mass is 627 g/mol. The summed E-state index contributed by atoms with van der Waals surface area (Å²) in [5, 5.41) is 6.96. The molecule has 0 aliphatic carbocycles. The minimum absolute atomic E-state index is 0.207. The van der Waals surface area contributed by atoms with Crippen LogP contribution in [0.3, 0.4) is 0 Å². The van der Waals surface area contributed by atoms with Gasteiger partial charge in [0.25, 0.3) is 0 Å². The van der Waals surface area contributed by atoms with E-state index in [-0.39, 0.29) is 11.9 Å². The molecule has 2 N–H and O–H groups in total. The first-order valence-electron chi connectivity index (χ1n) is 12.8. The zero-order valence-corrected chi connectivity index (χ0v) is 24.6. The second-order valence-corrected chi connectivity index (χ2v) is 11.3.